The van der Waals surface area contributed by atoms with Gasteiger partial charge in [0, 0.05) is 49.9 Å². The molecule has 0 fully saturated rings. The highest BCUT2D eigenvalue weighted by atomic mass is 32.2. The topological polar surface area (TPSA) is 105 Å². The first-order valence-electron chi connectivity index (χ1n) is 14.7. The quantitative estimate of drug-likeness (QED) is 0.331. The van der Waals surface area contributed by atoms with Gasteiger partial charge in [-0.15, -0.1) is 0 Å². The summed E-state index contributed by atoms with van der Waals surface area (Å²) in [7, 11) is -7.55. The molecule has 41 heavy (non-hydrogen) atoms. The van der Waals surface area contributed by atoms with Gasteiger partial charge in [0.05, 0.1) is 18.1 Å². The van der Waals surface area contributed by atoms with Gasteiger partial charge < -0.3 is 14.5 Å². The Morgan fingerprint density at radius 2 is 1.29 bits per heavy atom. The van der Waals surface area contributed by atoms with Crippen LogP contribution in [0.1, 0.15) is 51.9 Å². The number of nitrogens with zero attached hydrogens (tertiary/aromatic N) is 5. The number of pyridine rings is 1. The second-order valence-electron chi connectivity index (χ2n) is 12.1. The van der Waals surface area contributed by atoms with Crippen LogP contribution in [0.25, 0.3) is 11.0 Å². The zero-order chi connectivity index (χ0) is 31.7. The molecule has 232 valence electrons. The minimum absolute atomic E-state index is 0.0379. The van der Waals surface area contributed by atoms with E-state index in [1.807, 2.05) is 47.3 Å². The number of carbonyl (C=O) groups excluding carboxylic acids is 2. The third kappa shape index (κ3) is 6.27. The first-order chi connectivity index (χ1) is 18.9. The zero-order valence-electron chi connectivity index (χ0n) is 27.4. The smallest absolute Gasteiger partial charge is 0.329 e. The van der Waals surface area contributed by atoms with Gasteiger partial charge in [0.25, 0.3) is 5.91 Å². The number of ether oxygens (including phenoxy) is 1. The Labute approximate surface area is 249 Å². The van der Waals surface area contributed by atoms with Crippen molar-refractivity contribution in [2.45, 2.75) is 85.7 Å². The van der Waals surface area contributed by atoms with E-state index in [-0.39, 0.29) is 46.7 Å². The minimum atomic E-state index is -4.11. The normalized spacial score (nSPS) is 12.7. The van der Waals surface area contributed by atoms with Crippen molar-refractivity contribution in [3.63, 3.8) is 0 Å². The summed E-state index contributed by atoms with van der Waals surface area (Å²) in [5, 5.41) is 1.28. The number of rotatable bonds is 12. The monoisotopic (exact) mass is 625 g/mol. The highest BCUT2D eigenvalue weighted by Crippen LogP contribution is 2.37. The van der Waals surface area contributed by atoms with Gasteiger partial charge in [-0.3, -0.25) is 9.36 Å². The first-order valence-corrected chi connectivity index (χ1v) is 23.1. The Morgan fingerprint density at radius 3 is 1.66 bits per heavy atom. The molecule has 0 aliphatic carbocycles. The van der Waals surface area contributed by atoms with Crippen molar-refractivity contribution in [2.24, 2.45) is 0 Å². The molecule has 0 bridgehead atoms. The number of carbonyl (C=O) groups is 2. The largest absolute Gasteiger partial charge is 0.495 e. The molecule has 0 aromatic carbocycles. The lowest BCUT2D eigenvalue weighted by atomic mass is 10.1. The average molecular weight is 626 g/mol. The van der Waals surface area contributed by atoms with E-state index in [9.17, 15) is 18.0 Å². The van der Waals surface area contributed by atoms with Crippen molar-refractivity contribution >= 4 is 59.8 Å². The third-order valence-electron chi connectivity index (χ3n) is 7.43. The van der Waals surface area contributed by atoms with Crippen LogP contribution in [0, 0.1) is 0 Å². The number of fused-ring (bicyclic) bond motifs is 1. The number of sulfonamides is 1. The first kappa shape index (κ1) is 35.0. The molecule has 2 rings (SSSR count). The van der Waals surface area contributed by atoms with Gasteiger partial charge >= 0.3 is 6.03 Å². The van der Waals surface area contributed by atoms with Gasteiger partial charge in [-0.05, 0) is 27.7 Å². The molecular weight excluding hydrogens is 575 g/mol. The molecule has 0 saturated heterocycles. The Bertz CT molecular complexity index is 1380. The molecule has 2 aromatic rings. The van der Waals surface area contributed by atoms with Crippen LogP contribution in [0.2, 0.25) is 39.3 Å². The summed E-state index contributed by atoms with van der Waals surface area (Å²) in [6, 6.07) is -0.322. The van der Waals surface area contributed by atoms with Gasteiger partial charge in [-0.2, -0.15) is 4.31 Å². The highest BCUT2D eigenvalue weighted by Gasteiger charge is 2.43. The van der Waals surface area contributed by atoms with E-state index in [1.165, 1.54) is 16.0 Å². The fourth-order valence-electron chi connectivity index (χ4n) is 5.30. The van der Waals surface area contributed by atoms with Crippen LogP contribution in [0.3, 0.4) is 0 Å². The molecule has 0 spiro atoms. The molecule has 2 aromatic heterocycles. The summed E-state index contributed by atoms with van der Waals surface area (Å²) in [6.45, 7) is 26.0. The molecule has 0 N–H and O–H groups in total. The standard InChI is InChI=1S/C28H51N5O5SSi2/c1-14-30(15-2)26(34)21-22(38-7)20-23(39(36,37)32(18-5)19-6)27(41(11,12)13)33(28(35)31(16-3)17-4)24(20)29-25(21)40(8,9)10/h14-19H2,1-13H3. The highest BCUT2D eigenvalue weighted by molar-refractivity contribution is 7.89. The van der Waals surface area contributed by atoms with E-state index in [1.54, 1.807) is 23.6 Å². The van der Waals surface area contributed by atoms with Crippen molar-refractivity contribution < 1.29 is 22.7 Å². The van der Waals surface area contributed by atoms with Crippen LogP contribution in [-0.4, -0.2) is 107 Å². The average Bonchev–Trinajstić information content (AvgIpc) is 3.25. The van der Waals surface area contributed by atoms with E-state index >= 15 is 0 Å². The molecule has 13 heteroatoms. The van der Waals surface area contributed by atoms with E-state index in [2.05, 4.69) is 19.6 Å². The van der Waals surface area contributed by atoms with Crippen molar-refractivity contribution in [3.05, 3.63) is 5.56 Å². The fourth-order valence-corrected chi connectivity index (χ4v) is 11.4. The van der Waals surface area contributed by atoms with Crippen LogP contribution in [0.15, 0.2) is 4.90 Å². The molecule has 0 saturated carbocycles. The predicted octanol–water partition coefficient (Wildman–Crippen LogP) is 3.96. The van der Waals surface area contributed by atoms with Gasteiger partial charge in [-0.1, -0.05) is 53.1 Å². The molecule has 0 aliphatic heterocycles. The van der Waals surface area contributed by atoms with E-state index in [0.717, 1.165) is 0 Å². The lowest BCUT2D eigenvalue weighted by Gasteiger charge is -2.27. The maximum absolute atomic E-state index is 14.5. The van der Waals surface area contributed by atoms with Crippen molar-refractivity contribution in [2.75, 3.05) is 46.4 Å². The van der Waals surface area contributed by atoms with Gasteiger partial charge in [0.15, 0.2) is 5.65 Å². The Balaban J connectivity index is 3.52. The van der Waals surface area contributed by atoms with Crippen LogP contribution in [0.5, 0.6) is 5.75 Å². The van der Waals surface area contributed by atoms with Gasteiger partial charge in [0.2, 0.25) is 10.0 Å². The molecule has 0 unspecified atom stereocenters. The lowest BCUT2D eigenvalue weighted by Crippen LogP contribution is -2.51. The summed E-state index contributed by atoms with van der Waals surface area (Å²) in [5.41, 5.74) is 0.545. The Hall–Kier alpha value is -2.23. The fraction of sp³-hybridized carbons (Fsp3) is 0.679. The lowest BCUT2D eigenvalue weighted by molar-refractivity contribution is 0.0771. The number of hydrogen-bond donors (Lipinski definition) is 0. The maximum atomic E-state index is 14.5. The van der Waals surface area contributed by atoms with Crippen LogP contribution in [0.4, 0.5) is 4.79 Å². The molecule has 0 radical (unpaired) electrons. The number of hydrogen-bond acceptors (Lipinski definition) is 6. The zero-order valence-corrected chi connectivity index (χ0v) is 30.2. The van der Waals surface area contributed by atoms with Crippen LogP contribution in [-0.2, 0) is 10.0 Å². The molecule has 0 aliphatic rings. The van der Waals surface area contributed by atoms with Crippen molar-refractivity contribution in [3.8, 4) is 5.75 Å². The summed E-state index contributed by atoms with van der Waals surface area (Å²) in [5.74, 6) is -0.0668. The van der Waals surface area contributed by atoms with Crippen molar-refractivity contribution in [1.82, 2.24) is 23.7 Å². The van der Waals surface area contributed by atoms with Gasteiger partial charge in [0.1, 0.15) is 26.8 Å². The van der Waals surface area contributed by atoms with Crippen LogP contribution < -0.4 is 15.4 Å². The molecule has 10 nitrogen and oxygen atoms in total. The number of amides is 2. The third-order valence-corrected chi connectivity index (χ3v) is 13.4. The number of aromatic nitrogens is 2. The summed E-state index contributed by atoms with van der Waals surface area (Å²) >= 11 is 0. The van der Waals surface area contributed by atoms with Crippen LogP contribution >= 0.6 is 0 Å². The SMILES string of the molecule is CCN(CC)C(=O)c1c([Si](C)(C)C)nc2c(c1OC)c(S(=O)(=O)N(CC)CC)c([Si](C)(C)C)n2C(=O)N(CC)CC. The Kier molecular flexibility index (Phi) is 11.1. The second kappa shape index (κ2) is 13.0. The molecule has 2 amide bonds. The summed E-state index contributed by atoms with van der Waals surface area (Å²) in [4.78, 5) is 36.9. The van der Waals surface area contributed by atoms with E-state index < -0.39 is 26.2 Å². The van der Waals surface area contributed by atoms with E-state index in [0.29, 0.717) is 42.4 Å². The molecule has 0 atom stereocenters. The van der Waals surface area contributed by atoms with Crippen molar-refractivity contribution in [1.29, 1.82) is 0 Å². The molecule has 2 heterocycles. The maximum Gasteiger partial charge on any atom is 0.329 e. The summed E-state index contributed by atoms with van der Waals surface area (Å²) < 4.78 is 38.0. The van der Waals surface area contributed by atoms with E-state index in [4.69, 9.17) is 9.72 Å². The predicted molar refractivity (Wildman–Crippen MR) is 173 cm³/mol. The Morgan fingerprint density at radius 1 is 0.805 bits per heavy atom. The van der Waals surface area contributed by atoms with Gasteiger partial charge in [-0.25, -0.2) is 18.2 Å². The second-order valence-corrected chi connectivity index (χ2v) is 23.9. The minimum Gasteiger partial charge on any atom is -0.495 e. The molecular formula is C28H51N5O5SSi2. The number of methoxy groups -OCH3 is 1. The summed E-state index contributed by atoms with van der Waals surface area (Å²) in [6.07, 6.45) is 0.